The number of thiophene rings is 1. The Morgan fingerprint density at radius 1 is 1.47 bits per heavy atom. The fraction of sp³-hybridized carbons (Fsp3) is 0.308. The number of pyridine rings is 1. The molecule has 0 amide bonds. The lowest BCUT2D eigenvalue weighted by Crippen LogP contribution is -2.19. The van der Waals surface area contributed by atoms with Crippen molar-refractivity contribution in [2.24, 2.45) is 0 Å². The summed E-state index contributed by atoms with van der Waals surface area (Å²) < 4.78 is 0. The van der Waals surface area contributed by atoms with E-state index in [0.717, 1.165) is 6.42 Å². The molecule has 1 unspecified atom stereocenters. The van der Waals surface area contributed by atoms with Crippen LogP contribution >= 0.6 is 11.3 Å². The van der Waals surface area contributed by atoms with Crippen LogP contribution in [0.15, 0.2) is 30.5 Å². The molecule has 0 saturated heterocycles. The maximum absolute atomic E-state index is 10.9. The first-order valence-corrected chi connectivity index (χ1v) is 6.79. The lowest BCUT2D eigenvalue weighted by atomic mass is 10.2. The van der Waals surface area contributed by atoms with Crippen LogP contribution < -0.4 is 5.32 Å². The fourth-order valence-electron chi connectivity index (χ4n) is 1.84. The summed E-state index contributed by atoms with van der Waals surface area (Å²) in [6.07, 6.45) is 2.38. The number of nitrogens with zero attached hydrogens (tertiary/aromatic N) is 2. The van der Waals surface area contributed by atoms with E-state index in [9.17, 15) is 10.1 Å². The average molecular weight is 277 g/mol. The zero-order valence-corrected chi connectivity index (χ0v) is 11.6. The summed E-state index contributed by atoms with van der Waals surface area (Å²) in [5.74, 6) is 0.327. The molecule has 1 atom stereocenters. The molecule has 0 aromatic carbocycles. The molecule has 6 heteroatoms. The maximum Gasteiger partial charge on any atom is 0.311 e. The summed E-state index contributed by atoms with van der Waals surface area (Å²) in [6.45, 7) is 4.06. The van der Waals surface area contributed by atoms with Gasteiger partial charge in [-0.1, -0.05) is 0 Å². The Morgan fingerprint density at radius 2 is 2.26 bits per heavy atom. The molecule has 5 nitrogen and oxygen atoms in total. The van der Waals surface area contributed by atoms with Gasteiger partial charge in [0.2, 0.25) is 5.82 Å². The van der Waals surface area contributed by atoms with E-state index in [0.29, 0.717) is 5.82 Å². The molecule has 19 heavy (non-hydrogen) atoms. The highest BCUT2D eigenvalue weighted by molar-refractivity contribution is 7.11. The zero-order valence-electron chi connectivity index (χ0n) is 10.8. The Labute approximate surface area is 115 Å². The summed E-state index contributed by atoms with van der Waals surface area (Å²) in [5.41, 5.74) is 0.0108. The van der Waals surface area contributed by atoms with Gasteiger partial charge in [0.05, 0.1) is 4.92 Å². The minimum Gasteiger partial charge on any atom is -0.362 e. The summed E-state index contributed by atoms with van der Waals surface area (Å²) in [4.78, 5) is 17.0. The quantitative estimate of drug-likeness (QED) is 0.671. The van der Waals surface area contributed by atoms with Gasteiger partial charge >= 0.3 is 5.69 Å². The third-order valence-electron chi connectivity index (χ3n) is 2.67. The minimum absolute atomic E-state index is 0.0108. The number of aromatic nitrogens is 1. The number of hydrogen-bond donors (Lipinski definition) is 1. The van der Waals surface area contributed by atoms with Gasteiger partial charge < -0.3 is 5.32 Å². The standard InChI is InChI=1S/C13H15N3O2S/c1-9(8-11-6-5-10(2)19-11)15-13-12(16(17)18)4-3-7-14-13/h3-7,9H,8H2,1-2H3,(H,14,15). The Balaban J connectivity index is 2.06. The number of anilines is 1. The second-order valence-electron chi connectivity index (χ2n) is 4.39. The predicted molar refractivity (Wildman–Crippen MR) is 76.7 cm³/mol. The van der Waals surface area contributed by atoms with E-state index in [2.05, 4.69) is 29.4 Å². The van der Waals surface area contributed by atoms with E-state index in [4.69, 9.17) is 0 Å². The molecule has 0 aliphatic rings. The van der Waals surface area contributed by atoms with Crippen LogP contribution in [0.2, 0.25) is 0 Å². The van der Waals surface area contributed by atoms with Crippen molar-refractivity contribution >= 4 is 22.8 Å². The minimum atomic E-state index is -0.419. The number of nitrogens with one attached hydrogen (secondary N) is 1. The number of nitro groups is 1. The topological polar surface area (TPSA) is 68.1 Å². The van der Waals surface area contributed by atoms with E-state index < -0.39 is 4.92 Å². The SMILES string of the molecule is Cc1ccc(CC(C)Nc2ncccc2[N+](=O)[O-])s1. The van der Waals surface area contributed by atoms with Crippen molar-refractivity contribution in [2.75, 3.05) is 5.32 Å². The van der Waals surface area contributed by atoms with E-state index >= 15 is 0 Å². The Hall–Kier alpha value is -1.95. The normalized spacial score (nSPS) is 12.1. The van der Waals surface area contributed by atoms with Crippen LogP contribution in [0, 0.1) is 17.0 Å². The Kier molecular flexibility index (Phi) is 4.11. The number of aryl methyl sites for hydroxylation is 1. The zero-order chi connectivity index (χ0) is 13.8. The molecule has 0 radical (unpaired) electrons. The van der Waals surface area contributed by atoms with E-state index in [1.807, 2.05) is 6.92 Å². The molecule has 0 bridgehead atoms. The van der Waals surface area contributed by atoms with Crippen molar-refractivity contribution in [3.63, 3.8) is 0 Å². The maximum atomic E-state index is 10.9. The first kappa shape index (κ1) is 13.5. The van der Waals surface area contributed by atoms with Crippen LogP contribution in [0.4, 0.5) is 11.5 Å². The molecule has 1 N–H and O–H groups in total. The van der Waals surface area contributed by atoms with Crippen molar-refractivity contribution in [1.82, 2.24) is 4.98 Å². The first-order chi connectivity index (χ1) is 9.06. The molecule has 2 aromatic rings. The Morgan fingerprint density at radius 3 is 2.89 bits per heavy atom. The molecule has 2 aromatic heterocycles. The van der Waals surface area contributed by atoms with Gasteiger partial charge in [-0.05, 0) is 32.0 Å². The lowest BCUT2D eigenvalue weighted by Gasteiger charge is -2.13. The van der Waals surface area contributed by atoms with E-state index in [-0.39, 0.29) is 11.7 Å². The average Bonchev–Trinajstić information content (AvgIpc) is 2.75. The van der Waals surface area contributed by atoms with Crippen molar-refractivity contribution in [1.29, 1.82) is 0 Å². The fourth-order valence-corrected chi connectivity index (χ4v) is 2.86. The third kappa shape index (κ3) is 3.51. The molecular formula is C13H15N3O2S. The van der Waals surface area contributed by atoms with Gasteiger partial charge in [-0.2, -0.15) is 0 Å². The van der Waals surface area contributed by atoms with Crippen LogP contribution in [0.3, 0.4) is 0 Å². The molecular weight excluding hydrogens is 262 g/mol. The van der Waals surface area contributed by atoms with Gasteiger partial charge in [0.15, 0.2) is 0 Å². The van der Waals surface area contributed by atoms with Crippen LogP contribution in [0.25, 0.3) is 0 Å². The van der Waals surface area contributed by atoms with Gasteiger partial charge in [-0.3, -0.25) is 10.1 Å². The molecule has 2 heterocycles. The van der Waals surface area contributed by atoms with Gasteiger partial charge in [0, 0.05) is 34.5 Å². The molecule has 0 spiro atoms. The highest BCUT2D eigenvalue weighted by Crippen LogP contribution is 2.23. The Bertz CT molecular complexity index is 583. The third-order valence-corrected chi connectivity index (χ3v) is 3.69. The van der Waals surface area contributed by atoms with Gasteiger partial charge in [-0.15, -0.1) is 11.3 Å². The van der Waals surface area contributed by atoms with E-state index in [1.165, 1.54) is 15.8 Å². The molecule has 100 valence electrons. The van der Waals surface area contributed by atoms with Crippen LogP contribution in [0.1, 0.15) is 16.7 Å². The van der Waals surface area contributed by atoms with Crippen LogP contribution in [0.5, 0.6) is 0 Å². The highest BCUT2D eigenvalue weighted by Gasteiger charge is 2.16. The largest absolute Gasteiger partial charge is 0.362 e. The van der Waals surface area contributed by atoms with Crippen molar-refractivity contribution in [2.45, 2.75) is 26.3 Å². The summed E-state index contributed by atoms with van der Waals surface area (Å²) in [6, 6.07) is 7.28. The van der Waals surface area contributed by atoms with Gasteiger partial charge in [0.1, 0.15) is 0 Å². The van der Waals surface area contributed by atoms with Crippen molar-refractivity contribution in [3.8, 4) is 0 Å². The van der Waals surface area contributed by atoms with Gasteiger partial charge in [0.25, 0.3) is 0 Å². The predicted octanol–water partition coefficient (Wildman–Crippen LogP) is 3.40. The molecule has 0 aliphatic heterocycles. The smallest absolute Gasteiger partial charge is 0.311 e. The van der Waals surface area contributed by atoms with Crippen LogP contribution in [-0.4, -0.2) is 15.9 Å². The lowest BCUT2D eigenvalue weighted by molar-refractivity contribution is -0.384. The second kappa shape index (κ2) is 5.79. The summed E-state index contributed by atoms with van der Waals surface area (Å²) in [7, 11) is 0. The van der Waals surface area contributed by atoms with Crippen molar-refractivity contribution < 1.29 is 4.92 Å². The molecule has 0 saturated carbocycles. The molecule has 0 aliphatic carbocycles. The summed E-state index contributed by atoms with van der Waals surface area (Å²) in [5, 5.41) is 14.0. The second-order valence-corrected chi connectivity index (χ2v) is 5.76. The highest BCUT2D eigenvalue weighted by atomic mass is 32.1. The molecule has 0 fully saturated rings. The summed E-state index contributed by atoms with van der Waals surface area (Å²) >= 11 is 1.74. The van der Waals surface area contributed by atoms with E-state index in [1.54, 1.807) is 23.6 Å². The van der Waals surface area contributed by atoms with Crippen molar-refractivity contribution in [3.05, 3.63) is 50.3 Å². The number of hydrogen-bond acceptors (Lipinski definition) is 5. The van der Waals surface area contributed by atoms with Gasteiger partial charge in [-0.25, -0.2) is 4.98 Å². The monoisotopic (exact) mass is 277 g/mol. The van der Waals surface area contributed by atoms with Crippen LogP contribution in [-0.2, 0) is 6.42 Å². The number of rotatable bonds is 5. The molecule has 2 rings (SSSR count). The first-order valence-electron chi connectivity index (χ1n) is 5.97.